The van der Waals surface area contributed by atoms with Crippen LogP contribution in [0.1, 0.15) is 29.8 Å². The Labute approximate surface area is 136 Å². The molecule has 0 spiro atoms. The van der Waals surface area contributed by atoms with Gasteiger partial charge in [0.1, 0.15) is 0 Å². The molecule has 0 aromatic carbocycles. The summed E-state index contributed by atoms with van der Waals surface area (Å²) in [7, 11) is 8.43. The number of aromatic nitrogens is 2. The van der Waals surface area contributed by atoms with Crippen molar-refractivity contribution in [3.63, 3.8) is 0 Å². The number of anilines is 1. The molecule has 0 atom stereocenters. The number of aryl methyl sites for hydroxylation is 1. The number of nitrogens with zero attached hydrogens (tertiary/aromatic N) is 5. The molecule has 0 saturated heterocycles. The fraction of sp³-hybridized carbons (Fsp3) is 0.600. The van der Waals surface area contributed by atoms with Crippen LogP contribution in [0.25, 0.3) is 0 Å². The highest BCUT2D eigenvalue weighted by atomic mass is 16.2. The smallest absolute Gasteiger partial charge is 0.274 e. The first-order valence-electron chi connectivity index (χ1n) is 7.44. The van der Waals surface area contributed by atoms with Crippen LogP contribution in [-0.2, 0) is 16.6 Å². The van der Waals surface area contributed by atoms with Gasteiger partial charge < -0.3 is 19.3 Å². The van der Waals surface area contributed by atoms with E-state index < -0.39 is 0 Å². The lowest BCUT2D eigenvalue weighted by Gasteiger charge is -2.19. The summed E-state index contributed by atoms with van der Waals surface area (Å²) in [5, 5.41) is 0. The molecule has 0 aliphatic heterocycles. The normalized spacial score (nSPS) is 10.3. The van der Waals surface area contributed by atoms with Crippen LogP contribution in [0.2, 0.25) is 0 Å². The molecule has 8 nitrogen and oxygen atoms in total. The van der Waals surface area contributed by atoms with Crippen LogP contribution >= 0.6 is 0 Å². The highest BCUT2D eigenvalue weighted by Crippen LogP contribution is 2.17. The van der Waals surface area contributed by atoms with E-state index in [2.05, 4.69) is 4.98 Å². The molecule has 0 radical (unpaired) electrons. The van der Waals surface area contributed by atoms with Crippen LogP contribution in [0.15, 0.2) is 6.33 Å². The summed E-state index contributed by atoms with van der Waals surface area (Å²) >= 11 is 0. The van der Waals surface area contributed by atoms with E-state index in [1.165, 1.54) is 11.2 Å². The van der Waals surface area contributed by atoms with E-state index in [0.717, 1.165) is 12.8 Å². The van der Waals surface area contributed by atoms with E-state index in [9.17, 15) is 14.4 Å². The highest BCUT2D eigenvalue weighted by Gasteiger charge is 2.22. The fourth-order valence-electron chi connectivity index (χ4n) is 2.10. The predicted octanol–water partition coefficient (Wildman–Crippen LogP) is 0.343. The maximum absolute atomic E-state index is 12.6. The second kappa shape index (κ2) is 8.30. The fourth-order valence-corrected chi connectivity index (χ4v) is 2.10. The van der Waals surface area contributed by atoms with Crippen LogP contribution < -0.4 is 4.90 Å². The number of imidazole rings is 1. The third kappa shape index (κ3) is 4.80. The van der Waals surface area contributed by atoms with E-state index in [1.54, 1.807) is 49.6 Å². The van der Waals surface area contributed by atoms with Crippen molar-refractivity contribution in [2.45, 2.75) is 19.3 Å². The SMILES string of the molecule is CN(C)C(=O)CCCCN(C)C(=O)c1c(N(C)C=O)ncn1C. The van der Waals surface area contributed by atoms with Gasteiger partial charge in [-0.3, -0.25) is 14.4 Å². The molecule has 0 saturated carbocycles. The Morgan fingerprint density at radius 2 is 1.87 bits per heavy atom. The lowest BCUT2D eigenvalue weighted by atomic mass is 10.2. The van der Waals surface area contributed by atoms with Crippen LogP contribution in [0.5, 0.6) is 0 Å². The summed E-state index contributed by atoms with van der Waals surface area (Å²) in [6.07, 6.45) is 4.05. The third-order valence-corrected chi connectivity index (χ3v) is 3.59. The maximum Gasteiger partial charge on any atom is 0.274 e. The monoisotopic (exact) mass is 323 g/mol. The molecule has 1 heterocycles. The van der Waals surface area contributed by atoms with Crippen LogP contribution in [0.3, 0.4) is 0 Å². The van der Waals surface area contributed by atoms with Crippen molar-refractivity contribution in [3.8, 4) is 0 Å². The minimum Gasteiger partial charge on any atom is -0.349 e. The Bertz CT molecular complexity index is 567. The van der Waals surface area contributed by atoms with Crippen molar-refractivity contribution < 1.29 is 14.4 Å². The van der Waals surface area contributed by atoms with Crippen LogP contribution in [0.4, 0.5) is 5.82 Å². The van der Waals surface area contributed by atoms with Crippen molar-refractivity contribution in [1.82, 2.24) is 19.4 Å². The Morgan fingerprint density at radius 3 is 2.43 bits per heavy atom. The molecular formula is C15H25N5O3. The lowest BCUT2D eigenvalue weighted by Crippen LogP contribution is -2.31. The molecule has 3 amide bonds. The van der Waals surface area contributed by atoms with Crippen molar-refractivity contribution in [2.75, 3.05) is 39.6 Å². The minimum atomic E-state index is -0.201. The second-order valence-electron chi connectivity index (χ2n) is 5.72. The van der Waals surface area contributed by atoms with Gasteiger partial charge in [0.25, 0.3) is 5.91 Å². The Balaban J connectivity index is 2.62. The van der Waals surface area contributed by atoms with Crippen molar-refractivity contribution in [3.05, 3.63) is 12.0 Å². The van der Waals surface area contributed by atoms with Crippen molar-refractivity contribution in [1.29, 1.82) is 0 Å². The maximum atomic E-state index is 12.6. The molecule has 8 heteroatoms. The number of unbranched alkanes of at least 4 members (excludes halogenated alkanes) is 1. The number of hydrogen-bond donors (Lipinski definition) is 0. The average Bonchev–Trinajstić information content (AvgIpc) is 2.90. The number of hydrogen-bond acceptors (Lipinski definition) is 4. The van der Waals surface area contributed by atoms with Gasteiger partial charge in [0.15, 0.2) is 11.5 Å². The molecule has 0 fully saturated rings. The van der Waals surface area contributed by atoms with Crippen LogP contribution in [0, 0.1) is 0 Å². The predicted molar refractivity (Wildman–Crippen MR) is 87.2 cm³/mol. The van der Waals surface area contributed by atoms with Gasteiger partial charge in [0.05, 0.1) is 6.33 Å². The molecule has 1 rings (SSSR count). The number of carbonyl (C=O) groups is 3. The largest absolute Gasteiger partial charge is 0.349 e. The molecule has 23 heavy (non-hydrogen) atoms. The Morgan fingerprint density at radius 1 is 1.22 bits per heavy atom. The zero-order valence-corrected chi connectivity index (χ0v) is 14.4. The van der Waals surface area contributed by atoms with Gasteiger partial charge in [-0.2, -0.15) is 0 Å². The van der Waals surface area contributed by atoms with Crippen molar-refractivity contribution in [2.24, 2.45) is 7.05 Å². The van der Waals surface area contributed by atoms with Gasteiger partial charge >= 0.3 is 0 Å². The number of amides is 3. The molecule has 1 aromatic rings. The summed E-state index contributed by atoms with van der Waals surface area (Å²) in [6.45, 7) is 0.537. The second-order valence-corrected chi connectivity index (χ2v) is 5.72. The van der Waals surface area contributed by atoms with E-state index in [0.29, 0.717) is 30.9 Å². The van der Waals surface area contributed by atoms with Crippen molar-refractivity contribution >= 4 is 24.0 Å². The highest BCUT2D eigenvalue weighted by molar-refractivity contribution is 5.99. The molecule has 0 bridgehead atoms. The molecule has 0 aliphatic rings. The number of rotatable bonds is 8. The zero-order valence-electron chi connectivity index (χ0n) is 14.4. The molecule has 0 aliphatic carbocycles. The van der Waals surface area contributed by atoms with Gasteiger partial charge in [-0.15, -0.1) is 0 Å². The van der Waals surface area contributed by atoms with Gasteiger partial charge in [0, 0.05) is 48.2 Å². The van der Waals surface area contributed by atoms with Crippen LogP contribution in [-0.4, -0.2) is 72.3 Å². The summed E-state index contributed by atoms with van der Waals surface area (Å²) < 4.78 is 1.60. The minimum absolute atomic E-state index is 0.0838. The van der Waals surface area contributed by atoms with E-state index in [4.69, 9.17) is 0 Å². The number of carbonyl (C=O) groups excluding carboxylic acids is 3. The van der Waals surface area contributed by atoms with Gasteiger partial charge in [-0.05, 0) is 12.8 Å². The first kappa shape index (κ1) is 18.7. The molecule has 1 aromatic heterocycles. The zero-order chi connectivity index (χ0) is 17.6. The molecule has 0 N–H and O–H groups in total. The molecule has 0 unspecified atom stereocenters. The Hall–Kier alpha value is -2.38. The molecule has 128 valence electrons. The third-order valence-electron chi connectivity index (χ3n) is 3.59. The summed E-state index contributed by atoms with van der Waals surface area (Å²) in [5.41, 5.74) is 0.367. The topological polar surface area (TPSA) is 78.8 Å². The van der Waals surface area contributed by atoms with E-state index in [1.807, 2.05) is 0 Å². The van der Waals surface area contributed by atoms with E-state index in [-0.39, 0.29) is 11.8 Å². The van der Waals surface area contributed by atoms with E-state index >= 15 is 0 Å². The summed E-state index contributed by atoms with van der Waals surface area (Å²) in [6, 6.07) is 0. The standard InChI is InChI=1S/C15H25N5O3/c1-17(2)12(22)8-6-7-9-18(3)15(23)13-14(20(5)11-21)16-10-19(13)4/h10-11H,6-9H2,1-5H3. The Kier molecular flexibility index (Phi) is 6.74. The lowest BCUT2D eigenvalue weighted by molar-refractivity contribution is -0.128. The van der Waals surface area contributed by atoms with Gasteiger partial charge in [0.2, 0.25) is 12.3 Å². The van der Waals surface area contributed by atoms with Gasteiger partial charge in [-0.25, -0.2) is 4.98 Å². The van der Waals surface area contributed by atoms with Gasteiger partial charge in [-0.1, -0.05) is 0 Å². The first-order chi connectivity index (χ1) is 10.8. The first-order valence-corrected chi connectivity index (χ1v) is 7.44. The quantitative estimate of drug-likeness (QED) is 0.510. The average molecular weight is 323 g/mol. The molecular weight excluding hydrogens is 298 g/mol. The summed E-state index contributed by atoms with van der Waals surface area (Å²) in [4.78, 5) is 43.5. The summed E-state index contributed by atoms with van der Waals surface area (Å²) in [5.74, 6) is 0.218.